The summed E-state index contributed by atoms with van der Waals surface area (Å²) in [7, 11) is 0. The van der Waals surface area contributed by atoms with E-state index in [0.29, 0.717) is 0 Å². The fourth-order valence-corrected chi connectivity index (χ4v) is 1.96. The summed E-state index contributed by atoms with van der Waals surface area (Å²) in [5.41, 5.74) is 4.06. The quantitative estimate of drug-likeness (QED) is 0.359. The average Bonchev–Trinajstić information content (AvgIpc) is 2.38. The molecule has 0 aliphatic heterocycles. The maximum absolute atomic E-state index is 9.00. The van der Waals surface area contributed by atoms with Gasteiger partial charge in [0.25, 0.3) is 5.97 Å². The fourth-order valence-electron chi connectivity index (χ4n) is 1.96. The molecule has 0 atom stereocenters. The number of carboxylic acids is 1. The predicted molar refractivity (Wildman–Crippen MR) is 86.2 cm³/mol. The first kappa shape index (κ1) is 20.2. The van der Waals surface area contributed by atoms with Gasteiger partial charge < -0.3 is 12.5 Å². The van der Waals surface area contributed by atoms with Gasteiger partial charge in [-0.2, -0.15) is 0 Å². The Morgan fingerprint density at radius 2 is 1.14 bits per heavy atom. The normalized spacial score (nSPS) is 9.23. The number of aromatic nitrogens is 2. The number of carboxylic acid groups (broad SMARTS) is 1. The molecule has 22 heavy (non-hydrogen) atoms. The van der Waals surface area contributed by atoms with Gasteiger partial charge in [0.05, 0.1) is 11.0 Å². The van der Waals surface area contributed by atoms with Gasteiger partial charge in [0.1, 0.15) is 0 Å². The fraction of sp³-hybridized carbons (Fsp3) is 0.176. The molecule has 0 saturated carbocycles. The summed E-state index contributed by atoms with van der Waals surface area (Å²) in [4.78, 5) is 18.2. The van der Waals surface area contributed by atoms with Gasteiger partial charge in [-0.15, -0.1) is 0 Å². The van der Waals surface area contributed by atoms with Crippen LogP contribution in [0.2, 0.25) is 0 Å². The molecule has 0 amide bonds. The number of pyridine rings is 2. The van der Waals surface area contributed by atoms with Crippen molar-refractivity contribution in [1.82, 2.24) is 9.97 Å². The number of nitrogens with zero attached hydrogens (tertiary/aromatic N) is 2. The summed E-state index contributed by atoms with van der Waals surface area (Å²) in [5.74, 6) is -0.833. The van der Waals surface area contributed by atoms with Gasteiger partial charge in [-0.3, -0.25) is 14.8 Å². The van der Waals surface area contributed by atoms with Crippen molar-refractivity contribution in [3.05, 3.63) is 55.2 Å². The molecule has 0 radical (unpaired) electrons. The van der Waals surface area contributed by atoms with E-state index >= 15 is 0 Å². The third-order valence-electron chi connectivity index (χ3n) is 2.80. The molecule has 3 aromatic rings. The van der Waals surface area contributed by atoms with Crippen LogP contribution in [-0.2, 0) is 25.2 Å². The molecule has 1 aromatic carbocycles. The minimum Gasteiger partial charge on any atom is -0.481 e. The third kappa shape index (κ3) is 4.87. The van der Waals surface area contributed by atoms with Crippen molar-refractivity contribution >= 4 is 27.8 Å². The third-order valence-corrected chi connectivity index (χ3v) is 2.80. The molecule has 3 rings (SSSR count). The maximum atomic E-state index is 9.00. The minimum atomic E-state index is -0.833. The van der Waals surface area contributed by atoms with Crippen molar-refractivity contribution in [2.24, 2.45) is 0 Å². The SMILES string of the molecule is CC(=O)O.Cc1ccc2ccc3ccc(C)nc3c2n1.[CH3-].[Pd]. The van der Waals surface area contributed by atoms with E-state index in [9.17, 15) is 0 Å². The Morgan fingerprint density at radius 3 is 1.45 bits per heavy atom. The van der Waals surface area contributed by atoms with Crippen LogP contribution in [0.15, 0.2) is 36.4 Å². The van der Waals surface area contributed by atoms with Gasteiger partial charge in [-0.05, 0) is 26.0 Å². The second kappa shape index (κ2) is 8.58. The summed E-state index contributed by atoms with van der Waals surface area (Å²) in [6.07, 6.45) is 0. The van der Waals surface area contributed by atoms with Crippen LogP contribution in [0.25, 0.3) is 21.8 Å². The van der Waals surface area contributed by atoms with Crippen molar-refractivity contribution in [1.29, 1.82) is 0 Å². The van der Waals surface area contributed by atoms with Gasteiger partial charge >= 0.3 is 0 Å². The van der Waals surface area contributed by atoms with E-state index in [1.54, 1.807) is 0 Å². The summed E-state index contributed by atoms with van der Waals surface area (Å²) >= 11 is 0. The van der Waals surface area contributed by atoms with Crippen LogP contribution in [-0.4, -0.2) is 21.0 Å². The second-order valence-corrected chi connectivity index (χ2v) is 4.63. The van der Waals surface area contributed by atoms with Crippen LogP contribution >= 0.6 is 0 Å². The zero-order chi connectivity index (χ0) is 14.7. The Bertz CT molecular complexity index is 723. The minimum absolute atomic E-state index is 0. The molecule has 2 aromatic heterocycles. The van der Waals surface area contributed by atoms with Crippen LogP contribution < -0.4 is 0 Å². The van der Waals surface area contributed by atoms with Gasteiger partial charge in [0.2, 0.25) is 0 Å². The monoisotopic (exact) mass is 389 g/mol. The van der Waals surface area contributed by atoms with Crippen molar-refractivity contribution in [2.75, 3.05) is 0 Å². The number of hydrogen-bond acceptors (Lipinski definition) is 3. The number of rotatable bonds is 0. The zero-order valence-corrected chi connectivity index (χ0v) is 14.6. The number of hydrogen-bond donors (Lipinski definition) is 1. The standard InChI is InChI=1S/C14H12N2.C2H4O2.CH3.Pd/c1-9-3-5-11-7-8-12-6-4-10(2)16-14(12)13(11)15-9;1-2(3)4;;/h3-8H,1-2H3;1H3,(H,3,4);1H3;/q;;-1;. The maximum Gasteiger partial charge on any atom is 0.300 e. The van der Waals surface area contributed by atoms with E-state index in [0.717, 1.165) is 40.1 Å². The number of benzene rings is 1. The molecule has 0 unspecified atom stereocenters. The molecule has 1 N–H and O–H groups in total. The molecule has 0 fully saturated rings. The molecule has 5 heteroatoms. The van der Waals surface area contributed by atoms with Crippen molar-refractivity contribution in [3.8, 4) is 0 Å². The van der Waals surface area contributed by atoms with Gasteiger partial charge in [-0.25, -0.2) is 0 Å². The predicted octanol–water partition coefficient (Wildman–Crippen LogP) is 3.94. The average molecular weight is 390 g/mol. The summed E-state index contributed by atoms with van der Waals surface area (Å²) < 4.78 is 0. The van der Waals surface area contributed by atoms with Gasteiger partial charge in [0, 0.05) is 49.5 Å². The summed E-state index contributed by atoms with van der Waals surface area (Å²) in [6.45, 7) is 5.10. The Kier molecular flexibility index (Phi) is 7.86. The molecule has 0 aliphatic rings. The molecule has 4 nitrogen and oxygen atoms in total. The van der Waals surface area contributed by atoms with Gasteiger partial charge in [0.15, 0.2) is 0 Å². The van der Waals surface area contributed by atoms with Gasteiger partial charge in [-0.1, -0.05) is 24.3 Å². The Labute approximate surface area is 144 Å². The summed E-state index contributed by atoms with van der Waals surface area (Å²) in [5, 5.41) is 9.72. The smallest absolute Gasteiger partial charge is 0.300 e. The Hall–Kier alpha value is -1.83. The molecular weight excluding hydrogens is 371 g/mol. The number of aryl methyl sites for hydroxylation is 2. The van der Waals surface area contributed by atoms with E-state index in [2.05, 4.69) is 34.2 Å². The topological polar surface area (TPSA) is 63.1 Å². The molecule has 0 aliphatic carbocycles. The molecule has 0 spiro atoms. The molecule has 120 valence electrons. The molecular formula is C17H19N2O2Pd-. The van der Waals surface area contributed by atoms with Crippen LogP contribution in [0.3, 0.4) is 0 Å². The van der Waals surface area contributed by atoms with E-state index in [-0.39, 0.29) is 27.8 Å². The van der Waals surface area contributed by atoms with Crippen molar-refractivity contribution in [3.63, 3.8) is 0 Å². The van der Waals surface area contributed by atoms with Crippen LogP contribution in [0.5, 0.6) is 0 Å². The number of carbonyl (C=O) groups is 1. The summed E-state index contributed by atoms with van der Waals surface area (Å²) in [6, 6.07) is 12.5. The second-order valence-electron chi connectivity index (χ2n) is 4.63. The van der Waals surface area contributed by atoms with E-state index < -0.39 is 5.97 Å². The zero-order valence-electron chi connectivity index (χ0n) is 13.0. The van der Waals surface area contributed by atoms with Crippen LogP contribution in [0, 0.1) is 21.3 Å². The first-order valence-electron chi connectivity index (χ1n) is 6.30. The molecule has 0 saturated heterocycles. The van der Waals surface area contributed by atoms with E-state index in [1.807, 2.05) is 26.0 Å². The van der Waals surface area contributed by atoms with Crippen LogP contribution in [0.4, 0.5) is 0 Å². The van der Waals surface area contributed by atoms with Crippen molar-refractivity contribution < 1.29 is 30.3 Å². The first-order chi connectivity index (χ1) is 9.47. The number of fused-ring (bicyclic) bond motifs is 3. The van der Waals surface area contributed by atoms with E-state index in [1.165, 1.54) is 0 Å². The Balaban J connectivity index is 0.000000665. The van der Waals surface area contributed by atoms with Crippen LogP contribution in [0.1, 0.15) is 18.3 Å². The largest absolute Gasteiger partial charge is 0.481 e. The first-order valence-corrected chi connectivity index (χ1v) is 6.30. The molecule has 0 bridgehead atoms. The van der Waals surface area contributed by atoms with Crippen molar-refractivity contribution in [2.45, 2.75) is 20.8 Å². The number of aliphatic carboxylic acids is 1. The Morgan fingerprint density at radius 1 is 0.864 bits per heavy atom. The van der Waals surface area contributed by atoms with E-state index in [4.69, 9.17) is 9.90 Å². The molecule has 2 heterocycles.